The maximum absolute atomic E-state index is 12.4. The van der Waals surface area contributed by atoms with Gasteiger partial charge in [-0.1, -0.05) is 0 Å². The van der Waals surface area contributed by atoms with Gasteiger partial charge in [-0.3, -0.25) is 9.59 Å². The fourth-order valence-corrected chi connectivity index (χ4v) is 4.04. The summed E-state index contributed by atoms with van der Waals surface area (Å²) in [5, 5.41) is 8.69. The first-order chi connectivity index (χ1) is 8.56. The molecule has 5 heteroatoms. The smallest absolute Gasteiger partial charge is 0.303 e. The van der Waals surface area contributed by atoms with Gasteiger partial charge in [0.15, 0.2) is 0 Å². The van der Waals surface area contributed by atoms with E-state index in [-0.39, 0.29) is 30.2 Å². The molecule has 2 saturated carbocycles. The van der Waals surface area contributed by atoms with E-state index in [0.717, 1.165) is 12.8 Å². The molecule has 3 aliphatic rings. The zero-order valence-corrected chi connectivity index (χ0v) is 10.4. The summed E-state index contributed by atoms with van der Waals surface area (Å²) >= 11 is 0. The Balaban J connectivity index is 1.56. The van der Waals surface area contributed by atoms with Crippen molar-refractivity contribution in [2.75, 3.05) is 13.1 Å². The third-order valence-electron chi connectivity index (χ3n) is 5.00. The van der Waals surface area contributed by atoms with Crippen molar-refractivity contribution in [3.8, 4) is 0 Å². The van der Waals surface area contributed by atoms with E-state index in [1.807, 2.05) is 0 Å². The second-order valence-electron chi connectivity index (χ2n) is 6.14. The highest BCUT2D eigenvalue weighted by molar-refractivity contribution is 5.81. The van der Waals surface area contributed by atoms with Crippen molar-refractivity contribution in [3.63, 3.8) is 0 Å². The molecule has 4 unspecified atom stereocenters. The van der Waals surface area contributed by atoms with Crippen LogP contribution in [0.4, 0.5) is 0 Å². The van der Waals surface area contributed by atoms with Gasteiger partial charge in [0.2, 0.25) is 5.91 Å². The van der Waals surface area contributed by atoms with Gasteiger partial charge in [0.25, 0.3) is 0 Å². The summed E-state index contributed by atoms with van der Waals surface area (Å²) in [6.45, 7) is 1.21. The van der Waals surface area contributed by atoms with Gasteiger partial charge in [-0.15, -0.1) is 0 Å². The molecule has 4 atom stereocenters. The second-order valence-corrected chi connectivity index (χ2v) is 6.14. The SMILES string of the molecule is NC1C2CCC(C2)C1C(=O)N1CC(CC(=O)O)C1. The number of hydrogen-bond acceptors (Lipinski definition) is 3. The van der Waals surface area contributed by atoms with E-state index in [1.54, 1.807) is 4.90 Å². The molecule has 100 valence electrons. The molecule has 3 rings (SSSR count). The van der Waals surface area contributed by atoms with Crippen LogP contribution in [-0.2, 0) is 9.59 Å². The molecule has 0 aromatic heterocycles. The van der Waals surface area contributed by atoms with E-state index < -0.39 is 5.97 Å². The average molecular weight is 252 g/mol. The summed E-state index contributed by atoms with van der Waals surface area (Å²) in [5.74, 6) is 0.576. The zero-order chi connectivity index (χ0) is 12.9. The van der Waals surface area contributed by atoms with Crippen molar-refractivity contribution in [1.29, 1.82) is 0 Å². The summed E-state index contributed by atoms with van der Waals surface area (Å²) < 4.78 is 0. The summed E-state index contributed by atoms with van der Waals surface area (Å²) in [5.41, 5.74) is 6.16. The van der Waals surface area contributed by atoms with Crippen LogP contribution in [0.5, 0.6) is 0 Å². The first-order valence-electron chi connectivity index (χ1n) is 6.82. The second kappa shape index (κ2) is 4.23. The number of carbonyl (C=O) groups is 2. The van der Waals surface area contributed by atoms with Crippen LogP contribution in [0.25, 0.3) is 0 Å². The molecule has 2 aliphatic carbocycles. The molecule has 1 aliphatic heterocycles. The number of nitrogens with two attached hydrogens (primary N) is 1. The molecular weight excluding hydrogens is 232 g/mol. The van der Waals surface area contributed by atoms with Gasteiger partial charge in [-0.05, 0) is 31.1 Å². The molecule has 2 bridgehead atoms. The molecule has 0 spiro atoms. The number of aliphatic carboxylic acids is 1. The maximum atomic E-state index is 12.4. The number of amides is 1. The number of carboxylic acids is 1. The lowest BCUT2D eigenvalue weighted by molar-refractivity contribution is -0.149. The number of carbonyl (C=O) groups excluding carboxylic acids is 1. The van der Waals surface area contributed by atoms with Crippen molar-refractivity contribution in [1.82, 2.24) is 4.90 Å². The predicted molar refractivity (Wildman–Crippen MR) is 64.6 cm³/mol. The Bertz CT molecular complexity index is 376. The Morgan fingerprint density at radius 1 is 1.22 bits per heavy atom. The number of nitrogens with zero attached hydrogens (tertiary/aromatic N) is 1. The minimum absolute atomic E-state index is 0.00882. The van der Waals surface area contributed by atoms with Crippen LogP contribution in [0.1, 0.15) is 25.7 Å². The minimum Gasteiger partial charge on any atom is -0.481 e. The van der Waals surface area contributed by atoms with E-state index in [9.17, 15) is 9.59 Å². The van der Waals surface area contributed by atoms with Crippen LogP contribution in [0.15, 0.2) is 0 Å². The number of hydrogen-bond donors (Lipinski definition) is 2. The van der Waals surface area contributed by atoms with Crippen LogP contribution >= 0.6 is 0 Å². The van der Waals surface area contributed by atoms with Crippen molar-refractivity contribution >= 4 is 11.9 Å². The fraction of sp³-hybridized carbons (Fsp3) is 0.846. The molecule has 3 N–H and O–H groups in total. The number of likely N-dealkylation sites (tertiary alicyclic amines) is 1. The molecule has 3 fully saturated rings. The summed E-state index contributed by atoms with van der Waals surface area (Å²) in [6, 6.07) is 0.0368. The third kappa shape index (κ3) is 1.81. The van der Waals surface area contributed by atoms with Gasteiger partial charge in [0, 0.05) is 25.0 Å². The lowest BCUT2D eigenvalue weighted by atomic mass is 9.82. The van der Waals surface area contributed by atoms with E-state index in [1.165, 1.54) is 6.42 Å². The van der Waals surface area contributed by atoms with Crippen molar-refractivity contribution < 1.29 is 14.7 Å². The summed E-state index contributed by atoms with van der Waals surface area (Å²) in [4.78, 5) is 24.7. The average Bonchev–Trinajstić information content (AvgIpc) is 2.81. The minimum atomic E-state index is -0.774. The topological polar surface area (TPSA) is 83.6 Å². The molecule has 18 heavy (non-hydrogen) atoms. The van der Waals surface area contributed by atoms with Gasteiger partial charge in [0.05, 0.1) is 12.3 Å². The van der Waals surface area contributed by atoms with Gasteiger partial charge >= 0.3 is 5.97 Å². The highest BCUT2D eigenvalue weighted by atomic mass is 16.4. The van der Waals surface area contributed by atoms with E-state index >= 15 is 0 Å². The van der Waals surface area contributed by atoms with Crippen LogP contribution in [-0.4, -0.2) is 41.0 Å². The number of carboxylic acid groups (broad SMARTS) is 1. The highest BCUT2D eigenvalue weighted by Crippen LogP contribution is 2.48. The van der Waals surface area contributed by atoms with Crippen LogP contribution in [0.2, 0.25) is 0 Å². The molecule has 5 nitrogen and oxygen atoms in total. The van der Waals surface area contributed by atoms with Crippen LogP contribution in [0.3, 0.4) is 0 Å². The van der Waals surface area contributed by atoms with Crippen LogP contribution < -0.4 is 5.73 Å². The van der Waals surface area contributed by atoms with E-state index in [4.69, 9.17) is 10.8 Å². The maximum Gasteiger partial charge on any atom is 0.303 e. The Labute approximate surface area is 106 Å². The van der Waals surface area contributed by atoms with Gasteiger partial charge in [-0.2, -0.15) is 0 Å². The van der Waals surface area contributed by atoms with Gasteiger partial charge in [0.1, 0.15) is 0 Å². The van der Waals surface area contributed by atoms with Gasteiger partial charge in [-0.25, -0.2) is 0 Å². The Kier molecular flexibility index (Phi) is 2.81. The van der Waals surface area contributed by atoms with Crippen LogP contribution in [0, 0.1) is 23.7 Å². The Hall–Kier alpha value is -1.10. The molecular formula is C13H20N2O3. The van der Waals surface area contributed by atoms with Crippen molar-refractivity contribution in [2.45, 2.75) is 31.7 Å². The molecule has 1 saturated heterocycles. The van der Waals surface area contributed by atoms with E-state index in [0.29, 0.717) is 24.9 Å². The molecule has 1 heterocycles. The van der Waals surface area contributed by atoms with Crippen molar-refractivity contribution in [3.05, 3.63) is 0 Å². The lowest BCUT2D eigenvalue weighted by Crippen LogP contribution is -2.56. The molecule has 0 aromatic rings. The van der Waals surface area contributed by atoms with Crippen molar-refractivity contribution in [2.24, 2.45) is 29.4 Å². The standard InChI is InChI=1S/C13H20N2O3/c14-12-9-2-1-8(4-9)11(12)13(18)15-5-7(6-15)3-10(16)17/h7-9,11-12H,1-6,14H2,(H,16,17). The predicted octanol–water partition coefficient (Wildman–Crippen LogP) is 0.293. The number of rotatable bonds is 3. The zero-order valence-electron chi connectivity index (χ0n) is 10.4. The highest BCUT2D eigenvalue weighted by Gasteiger charge is 2.51. The normalized spacial score (nSPS) is 38.8. The van der Waals surface area contributed by atoms with Gasteiger partial charge < -0.3 is 15.7 Å². The fourth-order valence-electron chi connectivity index (χ4n) is 4.04. The third-order valence-corrected chi connectivity index (χ3v) is 5.00. The Morgan fingerprint density at radius 3 is 2.44 bits per heavy atom. The molecule has 1 amide bonds. The lowest BCUT2D eigenvalue weighted by Gasteiger charge is -2.42. The molecule has 0 radical (unpaired) electrons. The summed E-state index contributed by atoms with van der Waals surface area (Å²) in [7, 11) is 0. The summed E-state index contributed by atoms with van der Waals surface area (Å²) in [6.07, 6.45) is 3.61. The first kappa shape index (κ1) is 12.0. The quantitative estimate of drug-likeness (QED) is 0.756. The monoisotopic (exact) mass is 252 g/mol. The molecule has 0 aromatic carbocycles. The largest absolute Gasteiger partial charge is 0.481 e. The first-order valence-corrected chi connectivity index (χ1v) is 6.82. The Morgan fingerprint density at radius 2 is 1.89 bits per heavy atom. The number of fused-ring (bicyclic) bond motifs is 2. The van der Waals surface area contributed by atoms with E-state index in [2.05, 4.69) is 0 Å².